The van der Waals surface area contributed by atoms with Crippen molar-refractivity contribution < 1.29 is 9.05 Å². The molecule has 1 heterocycles. The molecule has 0 aliphatic heterocycles. The fourth-order valence-corrected chi connectivity index (χ4v) is 5.56. The molecule has 5 heteroatoms. The summed E-state index contributed by atoms with van der Waals surface area (Å²) in [6.45, 7) is 0. The van der Waals surface area contributed by atoms with E-state index in [4.69, 9.17) is 9.05 Å². The Balaban J connectivity index is 1.40. The molecule has 0 bridgehead atoms. The zero-order chi connectivity index (χ0) is 19.5. The summed E-state index contributed by atoms with van der Waals surface area (Å²) in [6, 6.07) is 33.3. The first-order valence-corrected chi connectivity index (χ1v) is 11.9. The van der Waals surface area contributed by atoms with Gasteiger partial charge in [0.2, 0.25) is 0 Å². The number of fused-ring (bicyclic) bond motifs is 3. The largest absolute Gasteiger partial charge is 0.472 e. The molecule has 1 aromatic heterocycles. The monoisotopic (exact) mass is 432 g/mol. The van der Waals surface area contributed by atoms with Gasteiger partial charge in [-0.15, -0.1) is 11.3 Å². The molecule has 29 heavy (non-hydrogen) atoms. The van der Waals surface area contributed by atoms with Gasteiger partial charge in [-0.3, -0.25) is 0 Å². The van der Waals surface area contributed by atoms with Crippen molar-refractivity contribution in [2.45, 2.75) is 0 Å². The molecule has 5 aromatic rings. The van der Waals surface area contributed by atoms with Crippen molar-refractivity contribution in [3.63, 3.8) is 0 Å². The van der Waals surface area contributed by atoms with Gasteiger partial charge >= 0.3 is 0 Å². The van der Waals surface area contributed by atoms with Gasteiger partial charge in [0.15, 0.2) is 0 Å². The number of thiophene rings is 1. The van der Waals surface area contributed by atoms with Crippen LogP contribution in [0.25, 0.3) is 20.2 Å². The Morgan fingerprint density at radius 3 is 1.41 bits per heavy atom. The highest BCUT2D eigenvalue weighted by molar-refractivity contribution is 7.42. The summed E-state index contributed by atoms with van der Waals surface area (Å²) in [4.78, 5) is 0. The quantitative estimate of drug-likeness (QED) is 0.280. The van der Waals surface area contributed by atoms with Crippen molar-refractivity contribution in [1.82, 2.24) is 0 Å². The first-order chi connectivity index (χ1) is 14.3. The van der Waals surface area contributed by atoms with Crippen LogP contribution in [0.3, 0.4) is 0 Å². The van der Waals surface area contributed by atoms with Gasteiger partial charge in [-0.05, 0) is 36.4 Å². The van der Waals surface area contributed by atoms with Gasteiger partial charge in [0, 0.05) is 30.8 Å². The van der Waals surface area contributed by atoms with Crippen LogP contribution in [-0.4, -0.2) is 0 Å². The Labute approximate surface area is 177 Å². The smallest absolute Gasteiger partial charge is 0.124 e. The molecule has 0 fully saturated rings. The van der Waals surface area contributed by atoms with Crippen molar-refractivity contribution in [3.05, 3.63) is 97.1 Å². The number of rotatable bonds is 6. The van der Waals surface area contributed by atoms with Gasteiger partial charge in [0.1, 0.15) is 29.1 Å². The van der Waals surface area contributed by atoms with Crippen LogP contribution in [0.4, 0.5) is 0 Å². The van der Waals surface area contributed by atoms with Crippen molar-refractivity contribution in [3.8, 4) is 11.5 Å². The highest BCUT2D eigenvalue weighted by Crippen LogP contribution is 2.39. The van der Waals surface area contributed by atoms with E-state index in [9.17, 15) is 0 Å². The van der Waals surface area contributed by atoms with Crippen molar-refractivity contribution in [2.24, 2.45) is 0 Å². The molecule has 0 radical (unpaired) electrons. The minimum absolute atomic E-state index is 0.301. The van der Waals surface area contributed by atoms with Crippen LogP contribution in [0.1, 0.15) is 0 Å². The van der Waals surface area contributed by atoms with E-state index in [1.807, 2.05) is 36.4 Å². The second-order valence-electron chi connectivity index (χ2n) is 6.56. The summed E-state index contributed by atoms with van der Waals surface area (Å²) in [7, 11) is 0.602. The molecule has 0 aliphatic carbocycles. The molecular formula is C24H18O2P2S. The first-order valence-electron chi connectivity index (χ1n) is 9.27. The third-order valence-corrected chi connectivity index (χ3v) is 7.50. The minimum atomic E-state index is 0.301. The standard InChI is InChI=1S/C24H18O2P2S/c1-3-7-19(8-4-1)27-25-17-11-13-23-21(15-17)22-16-18(12-14-24(22)29-23)26-28-20-9-5-2-6-10-20/h1-16,27-28H. The molecule has 5 rings (SSSR count). The van der Waals surface area contributed by atoms with Gasteiger partial charge in [-0.1, -0.05) is 60.7 Å². The van der Waals surface area contributed by atoms with E-state index in [-0.39, 0.29) is 0 Å². The lowest BCUT2D eigenvalue weighted by Gasteiger charge is -2.07. The molecule has 0 aliphatic rings. The topological polar surface area (TPSA) is 18.5 Å². The lowest BCUT2D eigenvalue weighted by Crippen LogP contribution is -1.94. The molecule has 0 amide bonds. The summed E-state index contributed by atoms with van der Waals surface area (Å²) in [5, 5.41) is 4.82. The molecule has 0 N–H and O–H groups in total. The van der Waals surface area contributed by atoms with Crippen LogP contribution in [0, 0.1) is 0 Å². The highest BCUT2D eigenvalue weighted by atomic mass is 32.1. The van der Waals surface area contributed by atoms with Gasteiger partial charge < -0.3 is 9.05 Å². The van der Waals surface area contributed by atoms with Crippen molar-refractivity contribution >= 4 is 59.7 Å². The minimum Gasteiger partial charge on any atom is -0.472 e. The fraction of sp³-hybridized carbons (Fsp3) is 0. The van der Waals surface area contributed by atoms with Gasteiger partial charge in [0.05, 0.1) is 0 Å². The summed E-state index contributed by atoms with van der Waals surface area (Å²) in [5.41, 5.74) is 0. The second kappa shape index (κ2) is 8.51. The molecule has 0 saturated carbocycles. The zero-order valence-corrected chi connectivity index (χ0v) is 18.3. The van der Waals surface area contributed by atoms with Gasteiger partial charge in [0.25, 0.3) is 0 Å². The van der Waals surface area contributed by atoms with E-state index in [0.717, 1.165) is 11.5 Å². The molecule has 2 nitrogen and oxygen atoms in total. The van der Waals surface area contributed by atoms with E-state index in [1.165, 1.54) is 30.8 Å². The Morgan fingerprint density at radius 2 is 0.966 bits per heavy atom. The van der Waals surface area contributed by atoms with E-state index in [0.29, 0.717) is 17.6 Å². The van der Waals surface area contributed by atoms with E-state index in [1.54, 1.807) is 11.3 Å². The maximum atomic E-state index is 6.06. The van der Waals surface area contributed by atoms with Crippen LogP contribution in [0.2, 0.25) is 0 Å². The maximum absolute atomic E-state index is 6.06. The summed E-state index contributed by atoms with van der Waals surface area (Å²) in [5.74, 6) is 1.80. The number of hydrogen-bond acceptors (Lipinski definition) is 3. The third-order valence-electron chi connectivity index (χ3n) is 4.53. The number of hydrogen-bond donors (Lipinski definition) is 0. The fourth-order valence-electron chi connectivity index (χ4n) is 3.11. The zero-order valence-electron chi connectivity index (χ0n) is 15.5. The molecule has 4 aromatic carbocycles. The molecule has 0 spiro atoms. The van der Waals surface area contributed by atoms with Gasteiger partial charge in [-0.2, -0.15) is 0 Å². The second-order valence-corrected chi connectivity index (χ2v) is 9.61. The highest BCUT2D eigenvalue weighted by Gasteiger charge is 2.09. The summed E-state index contributed by atoms with van der Waals surface area (Å²) < 4.78 is 14.6. The Morgan fingerprint density at radius 1 is 0.517 bits per heavy atom. The van der Waals surface area contributed by atoms with E-state index >= 15 is 0 Å². The number of benzene rings is 4. The first kappa shape index (κ1) is 18.6. The Hall–Kier alpha value is -2.44. The van der Waals surface area contributed by atoms with Crippen molar-refractivity contribution in [2.75, 3.05) is 0 Å². The normalized spacial score (nSPS) is 11.9. The molecule has 2 atom stereocenters. The lowest BCUT2D eigenvalue weighted by atomic mass is 10.1. The van der Waals surface area contributed by atoms with Crippen LogP contribution in [0.5, 0.6) is 11.5 Å². The summed E-state index contributed by atoms with van der Waals surface area (Å²) >= 11 is 1.80. The molecule has 0 saturated heterocycles. The lowest BCUT2D eigenvalue weighted by molar-refractivity contribution is 0.639. The van der Waals surface area contributed by atoms with E-state index in [2.05, 4.69) is 60.7 Å². The van der Waals surface area contributed by atoms with Crippen LogP contribution >= 0.6 is 29.0 Å². The average molecular weight is 432 g/mol. The van der Waals surface area contributed by atoms with Crippen LogP contribution in [0.15, 0.2) is 97.1 Å². The predicted octanol–water partition coefficient (Wildman–Crippen LogP) is 6.65. The third kappa shape index (κ3) is 4.28. The van der Waals surface area contributed by atoms with Gasteiger partial charge in [-0.25, -0.2) is 0 Å². The molecular weight excluding hydrogens is 414 g/mol. The molecule has 2 unspecified atom stereocenters. The summed E-state index contributed by atoms with van der Waals surface area (Å²) in [6.07, 6.45) is 0. The van der Waals surface area contributed by atoms with Crippen molar-refractivity contribution in [1.29, 1.82) is 0 Å². The van der Waals surface area contributed by atoms with Crippen LogP contribution < -0.4 is 19.7 Å². The Kier molecular flexibility index (Phi) is 5.45. The predicted molar refractivity (Wildman–Crippen MR) is 129 cm³/mol. The van der Waals surface area contributed by atoms with Crippen LogP contribution in [-0.2, 0) is 0 Å². The molecule has 142 valence electrons. The van der Waals surface area contributed by atoms with E-state index < -0.39 is 0 Å². The SMILES string of the molecule is c1ccc(POc2ccc3sc4ccc(OPc5ccccc5)cc4c3c2)cc1. The average Bonchev–Trinajstić information content (AvgIpc) is 3.15. The Bertz CT molecular complexity index is 1160. The maximum Gasteiger partial charge on any atom is 0.124 e.